The summed E-state index contributed by atoms with van der Waals surface area (Å²) in [6, 6.07) is 12.7. The average Bonchev–Trinajstić information content (AvgIpc) is 2.87. The maximum atomic E-state index is 10.8. The highest BCUT2D eigenvalue weighted by molar-refractivity contribution is 5.87. The van der Waals surface area contributed by atoms with Crippen LogP contribution in [-0.2, 0) is 6.42 Å². The smallest absolute Gasteiger partial charge is 0.335 e. The van der Waals surface area contributed by atoms with Crippen LogP contribution in [0.1, 0.15) is 21.5 Å². The number of carboxylic acids is 1. The second-order valence-electron chi connectivity index (χ2n) is 4.37. The molecule has 0 aromatic heterocycles. The third kappa shape index (κ3) is 2.38. The molecule has 1 aliphatic heterocycles. The number of ether oxygens (including phenoxy) is 2. The van der Waals surface area contributed by atoms with Crippen molar-refractivity contribution in [2.45, 2.75) is 6.42 Å². The van der Waals surface area contributed by atoms with Crippen LogP contribution >= 0.6 is 0 Å². The van der Waals surface area contributed by atoms with Crippen LogP contribution in [0.4, 0.5) is 0 Å². The summed E-state index contributed by atoms with van der Waals surface area (Å²) >= 11 is 0. The molecular weight excluding hydrogens is 244 g/mol. The maximum Gasteiger partial charge on any atom is 0.335 e. The predicted molar refractivity (Wildman–Crippen MR) is 68.8 cm³/mol. The molecule has 19 heavy (non-hydrogen) atoms. The fraction of sp³-hybridized carbons (Fsp3) is 0.133. The molecule has 0 fully saturated rings. The Morgan fingerprint density at radius 1 is 1.00 bits per heavy atom. The van der Waals surface area contributed by atoms with E-state index in [-0.39, 0.29) is 6.79 Å². The Bertz CT molecular complexity index is 617. The van der Waals surface area contributed by atoms with E-state index in [2.05, 4.69) is 0 Å². The molecule has 0 bridgehead atoms. The Morgan fingerprint density at radius 3 is 2.42 bits per heavy atom. The number of hydrogen-bond acceptors (Lipinski definition) is 3. The Balaban J connectivity index is 1.79. The zero-order valence-corrected chi connectivity index (χ0v) is 10.1. The fourth-order valence-corrected chi connectivity index (χ4v) is 2.05. The number of rotatable bonds is 3. The van der Waals surface area contributed by atoms with Crippen molar-refractivity contribution in [2.24, 2.45) is 0 Å². The minimum absolute atomic E-state index is 0.270. The molecule has 2 aromatic carbocycles. The minimum atomic E-state index is -0.908. The molecule has 4 nitrogen and oxygen atoms in total. The van der Waals surface area contributed by atoms with Crippen molar-refractivity contribution in [3.8, 4) is 11.5 Å². The number of aromatic carboxylic acids is 1. The van der Waals surface area contributed by atoms with Gasteiger partial charge in [0.25, 0.3) is 0 Å². The molecule has 0 unspecified atom stereocenters. The first kappa shape index (κ1) is 11.6. The molecule has 0 spiro atoms. The standard InChI is InChI=1S/C15H12O4/c16-15(17)12-4-1-10(2-5-12)7-11-3-6-13-14(8-11)19-9-18-13/h1-6,8H,7,9H2,(H,16,17). The number of fused-ring (bicyclic) bond motifs is 1. The van der Waals surface area contributed by atoms with E-state index >= 15 is 0 Å². The molecule has 0 atom stereocenters. The third-order valence-corrected chi connectivity index (χ3v) is 3.05. The SMILES string of the molecule is O=C(O)c1ccc(Cc2ccc3c(c2)OCO3)cc1. The summed E-state index contributed by atoms with van der Waals surface area (Å²) < 4.78 is 10.6. The quantitative estimate of drug-likeness (QED) is 0.917. The second kappa shape index (κ2) is 4.65. The van der Waals surface area contributed by atoms with Crippen LogP contribution in [0.25, 0.3) is 0 Å². The largest absolute Gasteiger partial charge is 0.478 e. The average molecular weight is 256 g/mol. The lowest BCUT2D eigenvalue weighted by molar-refractivity contribution is 0.0697. The van der Waals surface area contributed by atoms with Gasteiger partial charge in [-0.2, -0.15) is 0 Å². The molecule has 0 saturated heterocycles. The van der Waals surface area contributed by atoms with Gasteiger partial charge in [0.1, 0.15) is 0 Å². The van der Waals surface area contributed by atoms with E-state index in [0.29, 0.717) is 5.56 Å². The van der Waals surface area contributed by atoms with Crippen LogP contribution in [-0.4, -0.2) is 17.9 Å². The molecule has 0 saturated carbocycles. The second-order valence-corrected chi connectivity index (χ2v) is 4.37. The zero-order chi connectivity index (χ0) is 13.2. The van der Waals surface area contributed by atoms with E-state index in [1.807, 2.05) is 30.3 Å². The van der Waals surface area contributed by atoms with E-state index in [4.69, 9.17) is 14.6 Å². The first-order chi connectivity index (χ1) is 9.22. The Labute approximate surface area is 110 Å². The highest BCUT2D eigenvalue weighted by atomic mass is 16.7. The highest BCUT2D eigenvalue weighted by Crippen LogP contribution is 2.33. The molecule has 2 aromatic rings. The molecule has 1 N–H and O–H groups in total. The number of carboxylic acid groups (broad SMARTS) is 1. The topological polar surface area (TPSA) is 55.8 Å². The van der Waals surface area contributed by atoms with E-state index in [1.54, 1.807) is 12.1 Å². The molecule has 3 rings (SSSR count). The van der Waals surface area contributed by atoms with Crippen molar-refractivity contribution in [3.63, 3.8) is 0 Å². The van der Waals surface area contributed by atoms with Gasteiger partial charge in [0.15, 0.2) is 11.5 Å². The van der Waals surface area contributed by atoms with Crippen LogP contribution < -0.4 is 9.47 Å². The van der Waals surface area contributed by atoms with Crippen LogP contribution in [0, 0.1) is 0 Å². The lowest BCUT2D eigenvalue weighted by Gasteiger charge is -2.04. The molecular formula is C15H12O4. The molecule has 0 amide bonds. The normalized spacial score (nSPS) is 12.4. The van der Waals surface area contributed by atoms with Gasteiger partial charge in [-0.25, -0.2) is 4.79 Å². The highest BCUT2D eigenvalue weighted by Gasteiger charge is 2.13. The number of benzene rings is 2. The Kier molecular flexibility index (Phi) is 2.83. The van der Waals surface area contributed by atoms with Gasteiger partial charge in [0.2, 0.25) is 6.79 Å². The van der Waals surface area contributed by atoms with E-state index < -0.39 is 5.97 Å². The van der Waals surface area contributed by atoms with E-state index in [0.717, 1.165) is 29.0 Å². The first-order valence-electron chi connectivity index (χ1n) is 5.93. The lowest BCUT2D eigenvalue weighted by Crippen LogP contribution is -1.96. The number of carbonyl (C=O) groups is 1. The fourth-order valence-electron chi connectivity index (χ4n) is 2.05. The van der Waals surface area contributed by atoms with Gasteiger partial charge in [-0.05, 0) is 41.8 Å². The van der Waals surface area contributed by atoms with Gasteiger partial charge in [0.05, 0.1) is 5.56 Å². The van der Waals surface area contributed by atoms with Crippen molar-refractivity contribution in [1.29, 1.82) is 0 Å². The maximum absolute atomic E-state index is 10.8. The molecule has 4 heteroatoms. The summed E-state index contributed by atoms with van der Waals surface area (Å²) in [5.41, 5.74) is 2.46. The Hall–Kier alpha value is -2.49. The van der Waals surface area contributed by atoms with Crippen LogP contribution in [0.3, 0.4) is 0 Å². The van der Waals surface area contributed by atoms with Gasteiger partial charge in [-0.3, -0.25) is 0 Å². The van der Waals surface area contributed by atoms with Crippen LogP contribution in [0.5, 0.6) is 11.5 Å². The summed E-state index contributed by atoms with van der Waals surface area (Å²) in [4.78, 5) is 10.8. The molecule has 96 valence electrons. The van der Waals surface area contributed by atoms with Crippen molar-refractivity contribution in [1.82, 2.24) is 0 Å². The lowest BCUT2D eigenvalue weighted by atomic mass is 10.0. The van der Waals surface area contributed by atoms with Gasteiger partial charge in [-0.15, -0.1) is 0 Å². The molecule has 1 aliphatic rings. The monoisotopic (exact) mass is 256 g/mol. The number of hydrogen-bond donors (Lipinski definition) is 1. The summed E-state index contributed by atoms with van der Waals surface area (Å²) in [6.45, 7) is 0.270. The van der Waals surface area contributed by atoms with Gasteiger partial charge >= 0.3 is 5.97 Å². The van der Waals surface area contributed by atoms with Crippen molar-refractivity contribution >= 4 is 5.97 Å². The molecule has 0 radical (unpaired) electrons. The van der Waals surface area contributed by atoms with Crippen molar-refractivity contribution in [3.05, 3.63) is 59.2 Å². The van der Waals surface area contributed by atoms with Gasteiger partial charge < -0.3 is 14.6 Å². The third-order valence-electron chi connectivity index (χ3n) is 3.05. The molecule has 0 aliphatic carbocycles. The summed E-state index contributed by atoms with van der Waals surface area (Å²) in [6.07, 6.45) is 0.733. The van der Waals surface area contributed by atoms with Crippen LogP contribution in [0.15, 0.2) is 42.5 Å². The predicted octanol–water partition coefficient (Wildman–Crippen LogP) is 2.70. The van der Waals surface area contributed by atoms with Gasteiger partial charge in [0, 0.05) is 0 Å². The first-order valence-corrected chi connectivity index (χ1v) is 5.93. The van der Waals surface area contributed by atoms with Crippen LogP contribution in [0.2, 0.25) is 0 Å². The Morgan fingerprint density at radius 2 is 1.68 bits per heavy atom. The van der Waals surface area contributed by atoms with E-state index in [9.17, 15) is 4.79 Å². The summed E-state index contributed by atoms with van der Waals surface area (Å²) in [5.74, 6) is 0.624. The van der Waals surface area contributed by atoms with E-state index in [1.165, 1.54) is 0 Å². The molecule has 1 heterocycles. The zero-order valence-electron chi connectivity index (χ0n) is 10.1. The minimum Gasteiger partial charge on any atom is -0.478 e. The summed E-state index contributed by atoms with van der Waals surface area (Å²) in [7, 11) is 0. The van der Waals surface area contributed by atoms with Gasteiger partial charge in [-0.1, -0.05) is 18.2 Å². The summed E-state index contributed by atoms with van der Waals surface area (Å²) in [5, 5.41) is 8.84. The van der Waals surface area contributed by atoms with Crippen molar-refractivity contribution in [2.75, 3.05) is 6.79 Å². The van der Waals surface area contributed by atoms with Crippen molar-refractivity contribution < 1.29 is 19.4 Å².